The summed E-state index contributed by atoms with van der Waals surface area (Å²) in [6, 6.07) is 0. The normalized spacial score (nSPS) is 25.5. The standard InChI is InChI=1S/C9H13O/c1-4-5-7(2)9-6-8(3)10-9/h4,8H,1-2,5-6H2,3H3. The van der Waals surface area contributed by atoms with Crippen LogP contribution in [0.1, 0.15) is 19.8 Å². The first-order chi connectivity index (χ1) is 4.74. The summed E-state index contributed by atoms with van der Waals surface area (Å²) in [5, 5.41) is 0. The highest BCUT2D eigenvalue weighted by Crippen LogP contribution is 2.34. The van der Waals surface area contributed by atoms with Crippen LogP contribution in [-0.4, -0.2) is 6.10 Å². The number of rotatable bonds is 3. The van der Waals surface area contributed by atoms with E-state index in [9.17, 15) is 0 Å². The molecule has 1 nitrogen and oxygen atoms in total. The lowest BCUT2D eigenvalue weighted by Gasteiger charge is -2.33. The lowest BCUT2D eigenvalue weighted by molar-refractivity contribution is -0.0170. The second kappa shape index (κ2) is 3.02. The van der Waals surface area contributed by atoms with Gasteiger partial charge in [0, 0.05) is 6.42 Å². The quantitative estimate of drug-likeness (QED) is 0.543. The molecule has 0 saturated carbocycles. The Morgan fingerprint density at radius 1 is 1.90 bits per heavy atom. The van der Waals surface area contributed by atoms with Crippen LogP contribution in [0.2, 0.25) is 0 Å². The van der Waals surface area contributed by atoms with E-state index in [0.29, 0.717) is 6.10 Å². The summed E-state index contributed by atoms with van der Waals surface area (Å²) in [7, 11) is 0. The minimum absolute atomic E-state index is 0.400. The molecule has 0 N–H and O–H groups in total. The van der Waals surface area contributed by atoms with E-state index < -0.39 is 0 Å². The number of hydrogen-bond acceptors (Lipinski definition) is 1. The number of hydrogen-bond donors (Lipinski definition) is 0. The molecule has 0 amide bonds. The molecule has 1 heterocycles. The smallest absolute Gasteiger partial charge is 0.125 e. The zero-order valence-corrected chi connectivity index (χ0v) is 6.39. The molecule has 0 aromatic rings. The minimum atomic E-state index is 0.400. The zero-order chi connectivity index (χ0) is 7.56. The van der Waals surface area contributed by atoms with E-state index in [1.54, 1.807) is 0 Å². The first kappa shape index (κ1) is 7.55. The third-order valence-corrected chi connectivity index (χ3v) is 1.60. The van der Waals surface area contributed by atoms with E-state index in [-0.39, 0.29) is 0 Å². The molecule has 1 rings (SSSR count). The Morgan fingerprint density at radius 2 is 2.50 bits per heavy atom. The number of ether oxygens (including phenoxy) is 1. The molecule has 1 fully saturated rings. The Balaban J connectivity index is 2.24. The summed E-state index contributed by atoms with van der Waals surface area (Å²) < 4.78 is 5.32. The van der Waals surface area contributed by atoms with Gasteiger partial charge in [-0.2, -0.15) is 0 Å². The summed E-state index contributed by atoms with van der Waals surface area (Å²) in [5.74, 6) is 0. The molecule has 1 saturated heterocycles. The lowest BCUT2D eigenvalue weighted by atomic mass is 9.97. The average molecular weight is 137 g/mol. The molecule has 0 aromatic carbocycles. The third-order valence-electron chi connectivity index (χ3n) is 1.60. The topological polar surface area (TPSA) is 9.23 Å². The Bertz CT molecular complexity index is 143. The highest BCUT2D eigenvalue weighted by Gasteiger charge is 2.28. The van der Waals surface area contributed by atoms with Crippen molar-refractivity contribution in [1.29, 1.82) is 0 Å². The highest BCUT2D eigenvalue weighted by atomic mass is 16.5. The molecule has 1 aliphatic heterocycles. The second-order valence-corrected chi connectivity index (χ2v) is 2.65. The molecule has 1 aliphatic rings. The Hall–Kier alpha value is -0.560. The van der Waals surface area contributed by atoms with Gasteiger partial charge in [0.2, 0.25) is 0 Å². The predicted molar refractivity (Wildman–Crippen MR) is 42.4 cm³/mol. The fraction of sp³-hybridized carbons (Fsp3) is 0.444. The third kappa shape index (κ3) is 1.48. The van der Waals surface area contributed by atoms with Gasteiger partial charge >= 0.3 is 0 Å². The van der Waals surface area contributed by atoms with Gasteiger partial charge < -0.3 is 4.74 Å². The first-order valence-electron chi connectivity index (χ1n) is 3.55. The summed E-state index contributed by atoms with van der Waals surface area (Å²) in [5.41, 5.74) is 1.08. The molecular weight excluding hydrogens is 124 g/mol. The van der Waals surface area contributed by atoms with Crippen LogP contribution in [0.15, 0.2) is 24.8 Å². The van der Waals surface area contributed by atoms with Crippen molar-refractivity contribution in [1.82, 2.24) is 0 Å². The van der Waals surface area contributed by atoms with Crippen molar-refractivity contribution in [2.24, 2.45) is 0 Å². The van der Waals surface area contributed by atoms with Crippen molar-refractivity contribution >= 4 is 0 Å². The van der Waals surface area contributed by atoms with Crippen LogP contribution in [0.5, 0.6) is 0 Å². The van der Waals surface area contributed by atoms with Crippen LogP contribution in [0.3, 0.4) is 0 Å². The molecule has 1 radical (unpaired) electrons. The predicted octanol–water partition coefficient (Wildman–Crippen LogP) is 2.46. The zero-order valence-electron chi connectivity index (χ0n) is 6.39. The van der Waals surface area contributed by atoms with Crippen LogP contribution in [0, 0.1) is 6.10 Å². The van der Waals surface area contributed by atoms with Gasteiger partial charge in [0.15, 0.2) is 0 Å². The summed E-state index contributed by atoms with van der Waals surface area (Å²) in [6.45, 7) is 9.56. The molecule has 1 atom stereocenters. The van der Waals surface area contributed by atoms with E-state index in [0.717, 1.165) is 24.5 Å². The van der Waals surface area contributed by atoms with Gasteiger partial charge in [-0.1, -0.05) is 12.7 Å². The van der Waals surface area contributed by atoms with Gasteiger partial charge in [0.05, 0.1) is 6.10 Å². The van der Waals surface area contributed by atoms with Crippen molar-refractivity contribution in [3.63, 3.8) is 0 Å². The second-order valence-electron chi connectivity index (χ2n) is 2.65. The molecular formula is C9H13O. The fourth-order valence-corrected chi connectivity index (χ4v) is 1.01. The maximum atomic E-state index is 5.32. The first-order valence-corrected chi connectivity index (χ1v) is 3.55. The van der Waals surface area contributed by atoms with E-state index in [1.165, 1.54) is 0 Å². The van der Waals surface area contributed by atoms with Gasteiger partial charge in [0.25, 0.3) is 0 Å². The fourth-order valence-electron chi connectivity index (χ4n) is 1.01. The van der Waals surface area contributed by atoms with Crippen molar-refractivity contribution < 1.29 is 4.74 Å². The van der Waals surface area contributed by atoms with Gasteiger partial charge in [0.1, 0.15) is 6.10 Å². The summed E-state index contributed by atoms with van der Waals surface area (Å²) in [6.07, 6.45) is 5.21. The maximum absolute atomic E-state index is 5.32. The van der Waals surface area contributed by atoms with Crippen LogP contribution >= 0.6 is 0 Å². The van der Waals surface area contributed by atoms with Crippen LogP contribution in [0.4, 0.5) is 0 Å². The SMILES string of the molecule is C=CCC(=C)[C]1CC(C)O1. The van der Waals surface area contributed by atoms with Crippen molar-refractivity contribution in [2.75, 3.05) is 0 Å². The largest absolute Gasteiger partial charge is 0.364 e. The van der Waals surface area contributed by atoms with Crippen molar-refractivity contribution in [3.05, 3.63) is 30.9 Å². The molecule has 10 heavy (non-hydrogen) atoms. The monoisotopic (exact) mass is 137 g/mol. The Kier molecular flexibility index (Phi) is 2.28. The van der Waals surface area contributed by atoms with Crippen molar-refractivity contribution in [3.8, 4) is 0 Å². The van der Waals surface area contributed by atoms with Crippen LogP contribution < -0.4 is 0 Å². The van der Waals surface area contributed by atoms with E-state index in [2.05, 4.69) is 20.1 Å². The Morgan fingerprint density at radius 3 is 2.90 bits per heavy atom. The molecule has 1 unspecified atom stereocenters. The van der Waals surface area contributed by atoms with Gasteiger partial charge in [-0.15, -0.1) is 6.58 Å². The highest BCUT2D eigenvalue weighted by molar-refractivity contribution is 5.22. The van der Waals surface area contributed by atoms with Crippen molar-refractivity contribution in [2.45, 2.75) is 25.9 Å². The molecule has 0 aliphatic carbocycles. The van der Waals surface area contributed by atoms with E-state index in [4.69, 9.17) is 4.74 Å². The van der Waals surface area contributed by atoms with Gasteiger partial charge in [-0.05, 0) is 18.9 Å². The molecule has 0 spiro atoms. The molecule has 55 valence electrons. The molecule has 0 aromatic heterocycles. The van der Waals surface area contributed by atoms with E-state index >= 15 is 0 Å². The van der Waals surface area contributed by atoms with Crippen LogP contribution in [-0.2, 0) is 4.74 Å². The van der Waals surface area contributed by atoms with Crippen LogP contribution in [0.25, 0.3) is 0 Å². The summed E-state index contributed by atoms with van der Waals surface area (Å²) in [4.78, 5) is 0. The minimum Gasteiger partial charge on any atom is -0.364 e. The van der Waals surface area contributed by atoms with Gasteiger partial charge in [-0.3, -0.25) is 0 Å². The molecule has 1 heteroatoms. The summed E-state index contributed by atoms with van der Waals surface area (Å²) >= 11 is 0. The average Bonchev–Trinajstić information content (AvgIpc) is 1.82. The lowest BCUT2D eigenvalue weighted by Crippen LogP contribution is -2.28. The maximum Gasteiger partial charge on any atom is 0.125 e. The number of allylic oxidation sites excluding steroid dienone is 1. The molecule has 0 bridgehead atoms. The Labute approximate surface area is 62.4 Å². The van der Waals surface area contributed by atoms with Gasteiger partial charge in [-0.25, -0.2) is 0 Å². The van der Waals surface area contributed by atoms with E-state index in [1.807, 2.05) is 6.08 Å².